The van der Waals surface area contributed by atoms with Gasteiger partial charge in [-0.05, 0) is 76.6 Å². The highest BCUT2D eigenvalue weighted by Gasteiger charge is 2.23. The Labute approximate surface area is 189 Å². The summed E-state index contributed by atoms with van der Waals surface area (Å²) in [5, 5.41) is 4.62. The first kappa shape index (κ1) is 22.5. The SMILES string of the molecule is COc1ccc(-c2c(C)nn3c(C)cc(C)nc23)cc1S(=O)(=O)NCCC1=CCCCC1. The van der Waals surface area contributed by atoms with Crippen LogP contribution in [0.1, 0.15) is 49.2 Å². The summed E-state index contributed by atoms with van der Waals surface area (Å²) >= 11 is 0. The monoisotopic (exact) mass is 454 g/mol. The molecule has 4 rings (SSSR count). The van der Waals surface area contributed by atoms with E-state index in [-0.39, 0.29) is 4.90 Å². The van der Waals surface area contributed by atoms with Crippen molar-refractivity contribution < 1.29 is 13.2 Å². The molecule has 2 heterocycles. The zero-order chi connectivity index (χ0) is 22.9. The van der Waals surface area contributed by atoms with Crippen molar-refractivity contribution in [2.24, 2.45) is 0 Å². The Morgan fingerprint density at radius 2 is 1.97 bits per heavy atom. The minimum atomic E-state index is -3.75. The summed E-state index contributed by atoms with van der Waals surface area (Å²) in [4.78, 5) is 4.79. The van der Waals surface area contributed by atoms with Crippen LogP contribution in [-0.2, 0) is 10.0 Å². The zero-order valence-electron chi connectivity index (χ0n) is 19.1. The van der Waals surface area contributed by atoms with Crippen LogP contribution >= 0.6 is 0 Å². The van der Waals surface area contributed by atoms with E-state index in [9.17, 15) is 8.42 Å². The van der Waals surface area contributed by atoms with Crippen molar-refractivity contribution in [1.29, 1.82) is 0 Å². The summed E-state index contributed by atoms with van der Waals surface area (Å²) in [7, 11) is -2.27. The van der Waals surface area contributed by atoms with Gasteiger partial charge in [0.1, 0.15) is 10.6 Å². The molecule has 7 nitrogen and oxygen atoms in total. The quantitative estimate of drug-likeness (QED) is 0.531. The van der Waals surface area contributed by atoms with Crippen LogP contribution in [0.15, 0.2) is 40.8 Å². The Morgan fingerprint density at radius 3 is 2.69 bits per heavy atom. The second kappa shape index (κ2) is 9.03. The molecule has 0 unspecified atom stereocenters. The molecule has 1 N–H and O–H groups in total. The van der Waals surface area contributed by atoms with Gasteiger partial charge in [0.2, 0.25) is 10.0 Å². The maximum absolute atomic E-state index is 13.2. The first-order chi connectivity index (χ1) is 15.3. The average Bonchev–Trinajstić information content (AvgIpc) is 3.10. The van der Waals surface area contributed by atoms with E-state index in [4.69, 9.17) is 4.74 Å². The summed E-state index contributed by atoms with van der Waals surface area (Å²) in [6.07, 6.45) is 7.52. The van der Waals surface area contributed by atoms with Gasteiger partial charge >= 0.3 is 0 Å². The predicted octanol–water partition coefficient (Wildman–Crippen LogP) is 4.50. The summed E-state index contributed by atoms with van der Waals surface area (Å²) in [6.45, 7) is 6.20. The van der Waals surface area contributed by atoms with Crippen molar-refractivity contribution in [3.05, 3.63) is 53.0 Å². The van der Waals surface area contributed by atoms with Crippen LogP contribution in [0.5, 0.6) is 5.75 Å². The molecular formula is C24H30N4O3S. The van der Waals surface area contributed by atoms with E-state index in [1.807, 2.05) is 32.9 Å². The van der Waals surface area contributed by atoms with Gasteiger partial charge in [-0.3, -0.25) is 0 Å². The maximum atomic E-state index is 13.2. The van der Waals surface area contributed by atoms with Gasteiger partial charge < -0.3 is 4.74 Å². The fourth-order valence-corrected chi connectivity index (χ4v) is 5.59. The van der Waals surface area contributed by atoms with E-state index in [0.29, 0.717) is 17.9 Å². The average molecular weight is 455 g/mol. The number of ether oxygens (including phenoxy) is 1. The van der Waals surface area contributed by atoms with E-state index < -0.39 is 10.0 Å². The Hall–Kier alpha value is -2.71. The van der Waals surface area contributed by atoms with Gasteiger partial charge in [0.05, 0.1) is 12.8 Å². The van der Waals surface area contributed by atoms with Gasteiger partial charge in [-0.25, -0.2) is 22.6 Å². The number of benzene rings is 1. The van der Waals surface area contributed by atoms with Crippen LogP contribution in [-0.4, -0.2) is 36.7 Å². The molecule has 32 heavy (non-hydrogen) atoms. The van der Waals surface area contributed by atoms with Gasteiger partial charge in [-0.1, -0.05) is 17.7 Å². The van der Waals surface area contributed by atoms with E-state index in [0.717, 1.165) is 47.5 Å². The summed E-state index contributed by atoms with van der Waals surface area (Å²) in [5.74, 6) is 0.313. The standard InChI is InChI=1S/C24H30N4O3S/c1-16-14-17(2)28-24(26-16)23(18(3)27-28)20-10-11-21(31-4)22(15-20)32(29,30)25-13-12-19-8-6-5-7-9-19/h8,10-11,14-15,25H,5-7,9,12-13H2,1-4H3. The third kappa shape index (κ3) is 4.42. The normalized spacial score (nSPS) is 14.6. The van der Waals surface area contributed by atoms with Gasteiger partial charge in [0.15, 0.2) is 5.65 Å². The Kier molecular flexibility index (Phi) is 6.35. The van der Waals surface area contributed by atoms with E-state index in [1.165, 1.54) is 25.5 Å². The topological polar surface area (TPSA) is 85.6 Å². The molecule has 0 bridgehead atoms. The number of rotatable bonds is 7. The number of aryl methyl sites for hydroxylation is 3. The summed E-state index contributed by atoms with van der Waals surface area (Å²) < 4.78 is 36.3. The van der Waals surface area contributed by atoms with Crippen molar-refractivity contribution in [2.45, 2.75) is 57.8 Å². The van der Waals surface area contributed by atoms with Crippen LogP contribution in [0, 0.1) is 20.8 Å². The molecule has 0 fully saturated rings. The van der Waals surface area contributed by atoms with Crippen LogP contribution in [0.25, 0.3) is 16.8 Å². The Balaban J connectivity index is 1.70. The molecule has 3 aromatic rings. The van der Waals surface area contributed by atoms with Crippen molar-refractivity contribution in [2.75, 3.05) is 13.7 Å². The van der Waals surface area contributed by atoms with Crippen molar-refractivity contribution >= 4 is 15.7 Å². The molecule has 170 valence electrons. The number of nitrogens with one attached hydrogen (secondary N) is 1. The fraction of sp³-hybridized carbons (Fsp3) is 0.417. The molecule has 0 aliphatic heterocycles. The number of sulfonamides is 1. The maximum Gasteiger partial charge on any atom is 0.244 e. The summed E-state index contributed by atoms with van der Waals surface area (Å²) in [6, 6.07) is 7.18. The number of allylic oxidation sites excluding steroid dienone is 1. The minimum absolute atomic E-state index is 0.123. The third-order valence-corrected chi connectivity index (χ3v) is 7.42. The lowest BCUT2D eigenvalue weighted by Crippen LogP contribution is -2.25. The number of fused-ring (bicyclic) bond motifs is 1. The molecule has 1 aliphatic rings. The number of hydrogen-bond donors (Lipinski definition) is 1. The molecular weight excluding hydrogens is 424 g/mol. The minimum Gasteiger partial charge on any atom is -0.495 e. The van der Waals surface area contributed by atoms with Crippen LogP contribution in [0.2, 0.25) is 0 Å². The van der Waals surface area contributed by atoms with E-state index in [2.05, 4.69) is 20.9 Å². The lowest BCUT2D eigenvalue weighted by atomic mass is 9.97. The second-order valence-corrected chi connectivity index (χ2v) is 10.1. The van der Waals surface area contributed by atoms with Crippen LogP contribution in [0.3, 0.4) is 0 Å². The smallest absolute Gasteiger partial charge is 0.244 e. The Bertz CT molecular complexity index is 1290. The number of nitrogens with zero attached hydrogens (tertiary/aromatic N) is 3. The highest BCUT2D eigenvalue weighted by molar-refractivity contribution is 7.89. The first-order valence-corrected chi connectivity index (χ1v) is 12.5. The number of hydrogen-bond acceptors (Lipinski definition) is 5. The molecule has 8 heteroatoms. The highest BCUT2D eigenvalue weighted by atomic mass is 32.2. The molecule has 0 saturated carbocycles. The number of aromatic nitrogens is 3. The van der Waals surface area contributed by atoms with Crippen molar-refractivity contribution in [1.82, 2.24) is 19.3 Å². The molecule has 0 saturated heterocycles. The van der Waals surface area contributed by atoms with Gasteiger partial charge in [-0.2, -0.15) is 5.10 Å². The molecule has 0 spiro atoms. The molecule has 0 amide bonds. The molecule has 0 radical (unpaired) electrons. The zero-order valence-corrected chi connectivity index (χ0v) is 19.9. The number of methoxy groups -OCH3 is 1. The van der Waals surface area contributed by atoms with Gasteiger partial charge in [-0.15, -0.1) is 0 Å². The summed E-state index contributed by atoms with van der Waals surface area (Å²) in [5.41, 5.74) is 6.26. The van der Waals surface area contributed by atoms with E-state index in [1.54, 1.807) is 16.6 Å². The lowest BCUT2D eigenvalue weighted by molar-refractivity contribution is 0.402. The molecule has 2 aromatic heterocycles. The van der Waals surface area contributed by atoms with Crippen LogP contribution < -0.4 is 9.46 Å². The van der Waals surface area contributed by atoms with Crippen LogP contribution in [0.4, 0.5) is 0 Å². The van der Waals surface area contributed by atoms with Gasteiger partial charge in [0.25, 0.3) is 0 Å². The predicted molar refractivity (Wildman–Crippen MR) is 126 cm³/mol. The van der Waals surface area contributed by atoms with Gasteiger partial charge in [0, 0.05) is 23.5 Å². The second-order valence-electron chi connectivity index (χ2n) is 8.36. The van der Waals surface area contributed by atoms with E-state index >= 15 is 0 Å². The van der Waals surface area contributed by atoms with Crippen molar-refractivity contribution in [3.63, 3.8) is 0 Å². The fourth-order valence-electron chi connectivity index (χ4n) is 4.36. The third-order valence-electron chi connectivity index (χ3n) is 5.94. The largest absolute Gasteiger partial charge is 0.495 e. The molecule has 1 aromatic carbocycles. The lowest BCUT2D eigenvalue weighted by Gasteiger charge is -2.15. The highest BCUT2D eigenvalue weighted by Crippen LogP contribution is 2.33. The Morgan fingerprint density at radius 1 is 1.16 bits per heavy atom. The molecule has 0 atom stereocenters. The van der Waals surface area contributed by atoms with Crippen molar-refractivity contribution in [3.8, 4) is 16.9 Å². The molecule has 1 aliphatic carbocycles. The first-order valence-electron chi connectivity index (χ1n) is 11.0.